The predicted molar refractivity (Wildman–Crippen MR) is 109 cm³/mol. The minimum Gasteiger partial charge on any atom is -0.367 e. The Morgan fingerprint density at radius 1 is 1.07 bits per heavy atom. The fraction of sp³-hybridized carbons (Fsp3) is 0.250. The van der Waals surface area contributed by atoms with Crippen molar-refractivity contribution in [3.63, 3.8) is 0 Å². The largest absolute Gasteiger partial charge is 0.367 e. The van der Waals surface area contributed by atoms with E-state index in [-0.39, 0.29) is 11.6 Å². The summed E-state index contributed by atoms with van der Waals surface area (Å²) >= 11 is 6.18. The Morgan fingerprint density at radius 2 is 1.81 bits per heavy atom. The summed E-state index contributed by atoms with van der Waals surface area (Å²) < 4.78 is 0. The average Bonchev–Trinajstić information content (AvgIpc) is 2.68. The van der Waals surface area contributed by atoms with Gasteiger partial charge in [-0.3, -0.25) is 9.78 Å². The number of likely N-dealkylation sites (N-methyl/N-ethyl adjacent to an activating group) is 1. The maximum atomic E-state index is 12.8. The molecule has 0 unspecified atom stereocenters. The molecule has 7 heteroatoms. The standard InChI is InChI=1S/C20H20ClN5O/c1-25-8-10-26(11-9-25)19-7-6-14(21)12-17(19)24-20(27)18-13-22-15-4-2-3-5-16(15)23-18/h2-7,12-13H,8-11H2,1H3,(H,24,27). The number of carbonyl (C=O) groups is 1. The van der Waals surface area contributed by atoms with Crippen molar-refractivity contribution >= 4 is 39.9 Å². The smallest absolute Gasteiger partial charge is 0.275 e. The van der Waals surface area contributed by atoms with Crippen molar-refractivity contribution in [2.24, 2.45) is 0 Å². The molecule has 0 spiro atoms. The summed E-state index contributed by atoms with van der Waals surface area (Å²) in [7, 11) is 2.11. The molecule has 27 heavy (non-hydrogen) atoms. The predicted octanol–water partition coefficient (Wildman–Crippen LogP) is 3.29. The van der Waals surface area contributed by atoms with Crippen LogP contribution >= 0.6 is 11.6 Å². The first kappa shape index (κ1) is 17.7. The molecule has 0 saturated carbocycles. The zero-order chi connectivity index (χ0) is 18.8. The Hall–Kier alpha value is -2.70. The van der Waals surface area contributed by atoms with Gasteiger partial charge < -0.3 is 15.1 Å². The lowest BCUT2D eigenvalue weighted by atomic mass is 10.2. The summed E-state index contributed by atoms with van der Waals surface area (Å²) in [5.41, 5.74) is 3.38. The van der Waals surface area contributed by atoms with Gasteiger partial charge in [0.05, 0.1) is 28.6 Å². The monoisotopic (exact) mass is 381 g/mol. The zero-order valence-corrected chi connectivity index (χ0v) is 15.8. The first-order chi connectivity index (χ1) is 13.1. The summed E-state index contributed by atoms with van der Waals surface area (Å²) in [6, 6.07) is 13.1. The Balaban J connectivity index is 1.60. The van der Waals surface area contributed by atoms with Crippen molar-refractivity contribution in [1.29, 1.82) is 0 Å². The van der Waals surface area contributed by atoms with Crippen molar-refractivity contribution in [2.75, 3.05) is 43.4 Å². The van der Waals surface area contributed by atoms with Gasteiger partial charge in [-0.15, -0.1) is 0 Å². The number of piperazine rings is 1. The van der Waals surface area contributed by atoms with Crippen LogP contribution in [0.5, 0.6) is 0 Å². The van der Waals surface area contributed by atoms with Gasteiger partial charge in [0.25, 0.3) is 5.91 Å². The molecule has 4 rings (SSSR count). The number of carbonyl (C=O) groups excluding carboxylic acids is 1. The van der Waals surface area contributed by atoms with Crippen LogP contribution in [0, 0.1) is 0 Å². The van der Waals surface area contributed by atoms with Gasteiger partial charge >= 0.3 is 0 Å². The number of halogens is 1. The Labute approximate surface area is 162 Å². The summed E-state index contributed by atoms with van der Waals surface area (Å²) in [6.45, 7) is 3.76. The van der Waals surface area contributed by atoms with Gasteiger partial charge in [0.2, 0.25) is 0 Å². The molecule has 138 valence electrons. The van der Waals surface area contributed by atoms with E-state index in [9.17, 15) is 4.79 Å². The molecule has 1 aromatic heterocycles. The molecule has 1 aliphatic heterocycles. The molecular formula is C20H20ClN5O. The van der Waals surface area contributed by atoms with Gasteiger partial charge in [-0.25, -0.2) is 4.98 Å². The number of rotatable bonds is 3. The van der Waals surface area contributed by atoms with E-state index >= 15 is 0 Å². The number of benzene rings is 2. The maximum Gasteiger partial charge on any atom is 0.275 e. The molecule has 2 heterocycles. The molecule has 1 fully saturated rings. The number of hydrogen-bond donors (Lipinski definition) is 1. The second-order valence-corrected chi connectivity index (χ2v) is 7.09. The first-order valence-electron chi connectivity index (χ1n) is 8.86. The highest BCUT2D eigenvalue weighted by atomic mass is 35.5. The lowest BCUT2D eigenvalue weighted by Crippen LogP contribution is -2.44. The number of nitrogens with zero attached hydrogens (tertiary/aromatic N) is 4. The first-order valence-corrected chi connectivity index (χ1v) is 9.24. The zero-order valence-electron chi connectivity index (χ0n) is 15.0. The van der Waals surface area contributed by atoms with E-state index in [1.807, 2.05) is 36.4 Å². The normalized spacial score (nSPS) is 15.1. The molecule has 1 amide bonds. The molecular weight excluding hydrogens is 362 g/mol. The van der Waals surface area contributed by atoms with Crippen molar-refractivity contribution in [3.05, 3.63) is 59.4 Å². The van der Waals surface area contributed by atoms with Crippen molar-refractivity contribution in [1.82, 2.24) is 14.9 Å². The van der Waals surface area contributed by atoms with Crippen molar-refractivity contribution in [3.8, 4) is 0 Å². The summed E-state index contributed by atoms with van der Waals surface area (Å²) in [6.07, 6.45) is 1.50. The number of anilines is 2. The number of nitrogens with one attached hydrogen (secondary N) is 1. The number of para-hydroxylation sites is 2. The third-order valence-electron chi connectivity index (χ3n) is 4.73. The highest BCUT2D eigenvalue weighted by Crippen LogP contribution is 2.30. The molecule has 0 atom stereocenters. The van der Waals surface area contributed by atoms with E-state index in [2.05, 4.69) is 32.1 Å². The van der Waals surface area contributed by atoms with E-state index < -0.39 is 0 Å². The van der Waals surface area contributed by atoms with Crippen LogP contribution in [0.2, 0.25) is 5.02 Å². The molecule has 3 aromatic rings. The Kier molecular flexibility index (Phi) is 4.92. The number of fused-ring (bicyclic) bond motifs is 1. The average molecular weight is 382 g/mol. The summed E-state index contributed by atoms with van der Waals surface area (Å²) in [5.74, 6) is -0.300. The van der Waals surface area contributed by atoms with Gasteiger partial charge in [0.15, 0.2) is 0 Å². The van der Waals surface area contributed by atoms with Gasteiger partial charge in [0, 0.05) is 31.2 Å². The highest BCUT2D eigenvalue weighted by molar-refractivity contribution is 6.31. The van der Waals surface area contributed by atoms with Crippen LogP contribution in [0.3, 0.4) is 0 Å². The van der Waals surface area contributed by atoms with Gasteiger partial charge in [0.1, 0.15) is 5.69 Å². The number of aromatic nitrogens is 2. The maximum absolute atomic E-state index is 12.8. The van der Waals surface area contributed by atoms with Crippen LogP contribution in [-0.2, 0) is 0 Å². The Morgan fingerprint density at radius 3 is 2.59 bits per heavy atom. The van der Waals surface area contributed by atoms with E-state index in [4.69, 9.17) is 11.6 Å². The second kappa shape index (κ2) is 7.50. The van der Waals surface area contributed by atoms with Crippen molar-refractivity contribution < 1.29 is 4.79 Å². The third kappa shape index (κ3) is 3.86. The summed E-state index contributed by atoms with van der Waals surface area (Å²) in [4.78, 5) is 26.1. The van der Waals surface area contributed by atoms with Gasteiger partial charge in [-0.2, -0.15) is 0 Å². The fourth-order valence-corrected chi connectivity index (χ4v) is 3.36. The molecule has 6 nitrogen and oxygen atoms in total. The van der Waals surface area contributed by atoms with E-state index in [1.54, 1.807) is 6.07 Å². The van der Waals surface area contributed by atoms with Gasteiger partial charge in [-0.05, 0) is 37.4 Å². The van der Waals surface area contributed by atoms with Crippen LogP contribution in [0.25, 0.3) is 11.0 Å². The van der Waals surface area contributed by atoms with Crippen molar-refractivity contribution in [2.45, 2.75) is 0 Å². The fourth-order valence-electron chi connectivity index (χ4n) is 3.18. The van der Waals surface area contributed by atoms with Crippen LogP contribution in [-0.4, -0.2) is 54.0 Å². The topological polar surface area (TPSA) is 61.4 Å². The third-order valence-corrected chi connectivity index (χ3v) is 4.97. The van der Waals surface area contributed by atoms with Crippen LogP contribution in [0.4, 0.5) is 11.4 Å². The molecule has 0 aliphatic carbocycles. The molecule has 1 N–H and O–H groups in total. The molecule has 1 saturated heterocycles. The molecule has 0 bridgehead atoms. The van der Waals surface area contributed by atoms with Crippen LogP contribution < -0.4 is 10.2 Å². The molecule has 2 aromatic carbocycles. The van der Waals surface area contributed by atoms with E-state index in [1.165, 1.54) is 6.20 Å². The molecule has 0 radical (unpaired) electrons. The van der Waals surface area contributed by atoms with Gasteiger partial charge in [-0.1, -0.05) is 23.7 Å². The lowest BCUT2D eigenvalue weighted by Gasteiger charge is -2.35. The Bertz CT molecular complexity index is 985. The number of amides is 1. The minimum absolute atomic E-state index is 0.276. The SMILES string of the molecule is CN1CCN(c2ccc(Cl)cc2NC(=O)c2cnc3ccccc3n2)CC1. The van der Waals surface area contributed by atoms with E-state index in [0.29, 0.717) is 16.2 Å². The minimum atomic E-state index is -0.300. The highest BCUT2D eigenvalue weighted by Gasteiger charge is 2.19. The van der Waals surface area contributed by atoms with E-state index in [0.717, 1.165) is 37.4 Å². The quantitative estimate of drug-likeness (QED) is 0.754. The second-order valence-electron chi connectivity index (χ2n) is 6.65. The molecule has 1 aliphatic rings. The lowest BCUT2D eigenvalue weighted by molar-refractivity contribution is 0.102. The van der Waals surface area contributed by atoms with Crippen LogP contribution in [0.1, 0.15) is 10.5 Å². The van der Waals surface area contributed by atoms with Crippen LogP contribution in [0.15, 0.2) is 48.7 Å². The summed E-state index contributed by atoms with van der Waals surface area (Å²) in [5, 5.41) is 3.54. The number of hydrogen-bond acceptors (Lipinski definition) is 5.